The first kappa shape index (κ1) is 56.1. The second-order valence-corrected chi connectivity index (χ2v) is 15.1. The van der Waals surface area contributed by atoms with Crippen LogP contribution in [0.3, 0.4) is 0 Å². The van der Waals surface area contributed by atoms with Crippen LogP contribution < -0.4 is 5.32 Å². The number of unbranched alkanes of at least 4 members (excludes halogenated alkanes) is 5. The Morgan fingerprint density at radius 3 is 1.18 bits per heavy atom. The van der Waals surface area contributed by atoms with Gasteiger partial charge in [-0.15, -0.1) is 0 Å². The molecule has 3 rings (SSSR count). The van der Waals surface area contributed by atoms with Crippen molar-refractivity contribution in [2.45, 2.75) is 64.2 Å². The van der Waals surface area contributed by atoms with Crippen molar-refractivity contribution < 1.29 is 71.2 Å². The zero-order valence-corrected chi connectivity index (χ0v) is 39.2. The highest BCUT2D eigenvalue weighted by molar-refractivity contribution is 5.79. The largest absolute Gasteiger partial charge is 0.463 e. The molecular formula is C49H79NO15. The number of hydrogen-bond donors (Lipinski definition) is 1. The Bertz CT molecular complexity index is 1390. The van der Waals surface area contributed by atoms with Gasteiger partial charge in [0.25, 0.3) is 0 Å². The molecule has 65 heavy (non-hydrogen) atoms. The van der Waals surface area contributed by atoms with E-state index in [1.54, 1.807) is 0 Å². The number of benzene rings is 2. The van der Waals surface area contributed by atoms with E-state index in [-0.39, 0.29) is 18.5 Å². The van der Waals surface area contributed by atoms with E-state index in [1.165, 1.54) is 47.9 Å². The number of amides is 1. The van der Waals surface area contributed by atoms with E-state index in [0.717, 1.165) is 12.8 Å². The summed E-state index contributed by atoms with van der Waals surface area (Å²) in [6.45, 7) is 13.7. The molecule has 0 radical (unpaired) electrons. The maximum atomic E-state index is 12.3. The first-order valence-corrected chi connectivity index (χ1v) is 23.8. The van der Waals surface area contributed by atoms with Crippen LogP contribution in [0.15, 0.2) is 48.5 Å². The van der Waals surface area contributed by atoms with Crippen molar-refractivity contribution in [3.63, 3.8) is 0 Å². The van der Waals surface area contributed by atoms with Crippen LogP contribution in [-0.2, 0) is 66.4 Å². The molecule has 0 atom stereocenters. The van der Waals surface area contributed by atoms with Gasteiger partial charge in [-0.2, -0.15) is 0 Å². The first-order valence-electron chi connectivity index (χ1n) is 23.8. The average molecular weight is 922 g/mol. The number of alkyl carbamates (subject to hydrolysis) is 1. The van der Waals surface area contributed by atoms with Gasteiger partial charge in [0.2, 0.25) is 0 Å². The lowest BCUT2D eigenvalue weighted by Crippen LogP contribution is -2.27. The summed E-state index contributed by atoms with van der Waals surface area (Å²) < 4.78 is 71.4. The highest BCUT2D eigenvalue weighted by Gasteiger charge is 2.29. The number of ether oxygens (including phenoxy) is 13. The predicted molar refractivity (Wildman–Crippen MR) is 246 cm³/mol. The fourth-order valence-corrected chi connectivity index (χ4v) is 6.65. The molecule has 16 nitrogen and oxygen atoms in total. The molecular weight excluding hydrogens is 843 g/mol. The number of carbonyl (C=O) groups is 2. The molecule has 0 unspecified atom stereocenters. The SMILES string of the molecule is CCCCCCCCC(=O)OCCOCCOCCOCCOCCOCCOCCOCCOCCOCCOCCOCCCNC(=O)OCC1c2ccccc2-c2ccccc21. The van der Waals surface area contributed by atoms with Gasteiger partial charge in [-0.3, -0.25) is 4.79 Å². The minimum Gasteiger partial charge on any atom is -0.463 e. The molecule has 0 bridgehead atoms. The lowest BCUT2D eigenvalue weighted by atomic mass is 9.98. The van der Waals surface area contributed by atoms with Gasteiger partial charge >= 0.3 is 12.1 Å². The van der Waals surface area contributed by atoms with E-state index in [0.29, 0.717) is 171 Å². The molecule has 16 heteroatoms. The third-order valence-electron chi connectivity index (χ3n) is 10.0. The second-order valence-electron chi connectivity index (χ2n) is 15.1. The molecule has 2 aromatic rings. The van der Waals surface area contributed by atoms with Crippen LogP contribution in [0.5, 0.6) is 0 Å². The van der Waals surface area contributed by atoms with E-state index in [2.05, 4.69) is 36.5 Å². The number of hydrogen-bond acceptors (Lipinski definition) is 15. The van der Waals surface area contributed by atoms with Crippen LogP contribution >= 0.6 is 0 Å². The van der Waals surface area contributed by atoms with E-state index >= 15 is 0 Å². The maximum Gasteiger partial charge on any atom is 0.407 e. The summed E-state index contributed by atoms with van der Waals surface area (Å²) in [5.41, 5.74) is 4.80. The van der Waals surface area contributed by atoms with Crippen molar-refractivity contribution in [3.8, 4) is 11.1 Å². The summed E-state index contributed by atoms with van der Waals surface area (Å²) in [5, 5.41) is 2.81. The zero-order chi connectivity index (χ0) is 45.9. The Morgan fingerprint density at radius 2 is 0.769 bits per heavy atom. The molecule has 1 aliphatic rings. The minimum absolute atomic E-state index is 0.0452. The standard InChI is InChI=1S/C49H79NO15/c1-2-3-4-5-6-7-17-48(51)64-41-40-63-39-38-62-37-36-61-35-34-60-33-32-59-31-30-58-29-28-57-27-26-56-25-24-55-23-22-54-21-20-53-19-12-18-50-49(52)65-42-47-45-15-10-8-13-43(45)44-14-9-11-16-46(44)47/h8-11,13-16,47H,2-7,12,17-42H2,1H3,(H,50,52). The van der Waals surface area contributed by atoms with E-state index in [9.17, 15) is 9.59 Å². The third-order valence-corrected chi connectivity index (χ3v) is 10.0. The number of esters is 1. The van der Waals surface area contributed by atoms with E-state index in [1.807, 2.05) is 24.3 Å². The summed E-state index contributed by atoms with van der Waals surface area (Å²) in [4.78, 5) is 24.0. The molecule has 1 amide bonds. The Kier molecular flexibility index (Phi) is 35.3. The molecule has 0 saturated heterocycles. The lowest BCUT2D eigenvalue weighted by molar-refractivity contribution is -0.145. The van der Waals surface area contributed by atoms with Crippen LogP contribution in [-0.4, -0.2) is 177 Å². The van der Waals surface area contributed by atoms with Crippen molar-refractivity contribution in [1.29, 1.82) is 0 Å². The molecule has 0 aromatic heterocycles. The van der Waals surface area contributed by atoms with Crippen LogP contribution in [0, 0.1) is 0 Å². The summed E-state index contributed by atoms with van der Waals surface area (Å²) in [6, 6.07) is 16.6. The van der Waals surface area contributed by atoms with Gasteiger partial charge in [0.1, 0.15) is 13.2 Å². The number of rotatable bonds is 46. The summed E-state index contributed by atoms with van der Waals surface area (Å²) >= 11 is 0. The Morgan fingerprint density at radius 1 is 0.415 bits per heavy atom. The number of carbonyl (C=O) groups excluding carboxylic acids is 2. The van der Waals surface area contributed by atoms with Gasteiger partial charge in [0.05, 0.1) is 139 Å². The summed E-state index contributed by atoms with van der Waals surface area (Å²) in [7, 11) is 0. The topological polar surface area (TPSA) is 166 Å². The molecule has 1 N–H and O–H groups in total. The number of fused-ring (bicyclic) bond motifs is 3. The predicted octanol–water partition coefficient (Wildman–Crippen LogP) is 6.39. The Hall–Kier alpha value is -3.26. The molecule has 0 spiro atoms. The molecule has 0 aliphatic heterocycles. The van der Waals surface area contributed by atoms with Crippen molar-refractivity contribution in [1.82, 2.24) is 5.32 Å². The molecule has 0 heterocycles. The van der Waals surface area contributed by atoms with Crippen LogP contribution in [0.1, 0.15) is 75.3 Å². The monoisotopic (exact) mass is 922 g/mol. The lowest BCUT2D eigenvalue weighted by Gasteiger charge is -2.14. The van der Waals surface area contributed by atoms with Gasteiger partial charge in [-0.1, -0.05) is 87.6 Å². The van der Waals surface area contributed by atoms with Crippen molar-refractivity contribution in [2.75, 3.05) is 165 Å². The Balaban J connectivity index is 0.909. The van der Waals surface area contributed by atoms with Crippen molar-refractivity contribution >= 4 is 12.1 Å². The van der Waals surface area contributed by atoms with Crippen molar-refractivity contribution in [3.05, 3.63) is 59.7 Å². The van der Waals surface area contributed by atoms with Gasteiger partial charge in [-0.05, 0) is 35.1 Å². The average Bonchev–Trinajstić information content (AvgIpc) is 3.64. The van der Waals surface area contributed by atoms with Gasteiger partial charge in [0, 0.05) is 25.5 Å². The highest BCUT2D eigenvalue weighted by Crippen LogP contribution is 2.44. The maximum absolute atomic E-state index is 12.3. The van der Waals surface area contributed by atoms with Crippen molar-refractivity contribution in [2.24, 2.45) is 0 Å². The highest BCUT2D eigenvalue weighted by atomic mass is 16.6. The molecule has 370 valence electrons. The molecule has 2 aromatic carbocycles. The summed E-state index contributed by atoms with van der Waals surface area (Å²) in [6.07, 6.45) is 7.65. The minimum atomic E-state index is -0.418. The van der Waals surface area contributed by atoms with Crippen LogP contribution in [0.25, 0.3) is 11.1 Å². The number of nitrogens with one attached hydrogen (secondary N) is 1. The smallest absolute Gasteiger partial charge is 0.407 e. The van der Waals surface area contributed by atoms with E-state index < -0.39 is 6.09 Å². The molecule has 1 aliphatic carbocycles. The summed E-state index contributed by atoms with van der Waals surface area (Å²) in [5.74, 6) is -0.103. The van der Waals surface area contributed by atoms with Gasteiger partial charge < -0.3 is 66.9 Å². The quantitative estimate of drug-likeness (QED) is 0.0573. The fraction of sp³-hybridized carbons (Fsp3) is 0.714. The normalized spacial score (nSPS) is 12.1. The molecule has 0 saturated carbocycles. The zero-order valence-electron chi connectivity index (χ0n) is 39.2. The fourth-order valence-electron chi connectivity index (χ4n) is 6.65. The third kappa shape index (κ3) is 29.2. The van der Waals surface area contributed by atoms with E-state index in [4.69, 9.17) is 61.6 Å². The first-order chi connectivity index (χ1) is 32.2. The van der Waals surface area contributed by atoms with Gasteiger partial charge in [0.15, 0.2) is 0 Å². The van der Waals surface area contributed by atoms with Crippen LogP contribution in [0.2, 0.25) is 0 Å². The Labute approximate surface area is 387 Å². The van der Waals surface area contributed by atoms with Crippen LogP contribution in [0.4, 0.5) is 4.79 Å². The second kappa shape index (κ2) is 41.0. The van der Waals surface area contributed by atoms with Gasteiger partial charge in [-0.25, -0.2) is 4.79 Å². The molecule has 0 fully saturated rings.